The highest BCUT2D eigenvalue weighted by Gasteiger charge is 2.39. The van der Waals surface area contributed by atoms with Crippen LogP contribution in [0, 0.1) is 17.2 Å². The fourth-order valence-electron chi connectivity index (χ4n) is 2.52. The lowest BCUT2D eigenvalue weighted by Gasteiger charge is -2.31. The van der Waals surface area contributed by atoms with Crippen molar-refractivity contribution in [3.05, 3.63) is 47.2 Å². The first kappa shape index (κ1) is 15.2. The summed E-state index contributed by atoms with van der Waals surface area (Å²) in [4.78, 5) is 12.7. The van der Waals surface area contributed by atoms with E-state index in [0.29, 0.717) is 22.9 Å². The summed E-state index contributed by atoms with van der Waals surface area (Å²) in [5, 5.41) is 12.4. The molecule has 2 atom stereocenters. The number of allylic oxidation sites excluding steroid dienone is 1. The van der Waals surface area contributed by atoms with Gasteiger partial charge in [0.2, 0.25) is 0 Å². The molecule has 1 heterocycles. The monoisotopic (exact) mass is 300 g/mol. The molecule has 1 aromatic carbocycles. The topological polar surface area (TPSA) is 62.1 Å². The van der Waals surface area contributed by atoms with Crippen LogP contribution in [-0.2, 0) is 9.53 Å². The molecule has 0 fully saturated rings. The Kier molecular flexibility index (Phi) is 4.71. The number of nitriles is 1. The van der Waals surface area contributed by atoms with E-state index in [1.54, 1.807) is 13.8 Å². The minimum atomic E-state index is -0.578. The molecule has 1 N–H and O–H groups in total. The quantitative estimate of drug-likeness (QED) is 0.687. The van der Waals surface area contributed by atoms with Gasteiger partial charge in [-0.15, -0.1) is 0 Å². The van der Waals surface area contributed by atoms with Gasteiger partial charge in [0.15, 0.2) is 0 Å². The van der Waals surface area contributed by atoms with Gasteiger partial charge in [-0.05, 0) is 19.4 Å². The van der Waals surface area contributed by atoms with E-state index in [4.69, 9.17) is 17.0 Å². The van der Waals surface area contributed by atoms with E-state index in [1.165, 1.54) is 0 Å². The number of hydrogen-bond acceptors (Lipinski definition) is 4. The van der Waals surface area contributed by atoms with Crippen molar-refractivity contribution in [2.45, 2.75) is 19.8 Å². The number of nitrogens with one attached hydrogen (secondary N) is 1. The zero-order valence-electron chi connectivity index (χ0n) is 11.9. The largest absolute Gasteiger partial charge is 0.463 e. The lowest BCUT2D eigenvalue weighted by Crippen LogP contribution is -2.40. The Labute approximate surface area is 129 Å². The number of ether oxygens (including phenoxy) is 1. The molecule has 0 aliphatic carbocycles. The summed E-state index contributed by atoms with van der Waals surface area (Å²) in [7, 11) is 0. The highest BCUT2D eigenvalue weighted by atomic mass is 32.1. The van der Waals surface area contributed by atoms with E-state index in [9.17, 15) is 10.1 Å². The molecule has 108 valence electrons. The molecule has 0 spiro atoms. The zero-order valence-corrected chi connectivity index (χ0v) is 12.7. The summed E-state index contributed by atoms with van der Waals surface area (Å²) < 4.78 is 5.14. The second-order valence-corrected chi connectivity index (χ2v) is 5.18. The lowest BCUT2D eigenvalue weighted by atomic mass is 9.78. The molecular weight excluding hydrogens is 284 g/mol. The van der Waals surface area contributed by atoms with E-state index in [2.05, 4.69) is 11.4 Å². The average molecular weight is 300 g/mol. The fraction of sp³-hybridized carbons (Fsp3) is 0.312. The standard InChI is InChI=1S/C16H16N2O2S/c1-3-20-16(19)13-10(2)18-15(21)12(9-17)14(13)11-7-5-4-6-8-11/h4-8,12,14H,3H2,1-2H3,(H,18,21). The SMILES string of the molecule is CCOC(=O)C1=C(C)NC(=S)C(C#N)C1c1ccccc1. The van der Waals surface area contributed by atoms with Gasteiger partial charge in [0.25, 0.3) is 0 Å². The first-order valence-corrected chi connectivity index (χ1v) is 7.14. The number of carbonyl (C=O) groups excluding carboxylic acids is 1. The van der Waals surface area contributed by atoms with Crippen LogP contribution in [0.25, 0.3) is 0 Å². The molecule has 4 nitrogen and oxygen atoms in total. The molecular formula is C16H16N2O2S. The molecule has 21 heavy (non-hydrogen) atoms. The molecule has 5 heteroatoms. The van der Waals surface area contributed by atoms with Crippen LogP contribution < -0.4 is 5.32 Å². The molecule has 0 bridgehead atoms. The van der Waals surface area contributed by atoms with E-state index in [-0.39, 0.29) is 0 Å². The van der Waals surface area contributed by atoms with Crippen LogP contribution >= 0.6 is 12.2 Å². The van der Waals surface area contributed by atoms with Gasteiger partial charge in [-0.2, -0.15) is 5.26 Å². The minimum Gasteiger partial charge on any atom is -0.463 e. The second-order valence-electron chi connectivity index (χ2n) is 4.74. The number of carbonyl (C=O) groups is 1. The van der Waals surface area contributed by atoms with Gasteiger partial charge >= 0.3 is 5.97 Å². The third-order valence-corrected chi connectivity index (χ3v) is 3.79. The number of nitrogens with zero attached hydrogens (tertiary/aromatic N) is 1. The maximum atomic E-state index is 12.3. The third-order valence-electron chi connectivity index (χ3n) is 3.43. The summed E-state index contributed by atoms with van der Waals surface area (Å²) in [5.74, 6) is -1.38. The summed E-state index contributed by atoms with van der Waals surface area (Å²) in [6.07, 6.45) is 0. The van der Waals surface area contributed by atoms with E-state index < -0.39 is 17.8 Å². The molecule has 1 aliphatic heterocycles. The summed E-state index contributed by atoms with van der Waals surface area (Å²) in [6.45, 7) is 3.83. The first-order chi connectivity index (χ1) is 10.1. The van der Waals surface area contributed by atoms with Gasteiger partial charge in [-0.25, -0.2) is 4.79 Å². The Balaban J connectivity index is 2.56. The Hall–Kier alpha value is -2.19. The molecule has 1 aromatic rings. The minimum absolute atomic E-state index is 0.290. The Bertz CT molecular complexity index is 631. The average Bonchev–Trinajstić information content (AvgIpc) is 2.47. The van der Waals surface area contributed by atoms with Crippen molar-refractivity contribution in [3.63, 3.8) is 0 Å². The highest BCUT2D eigenvalue weighted by molar-refractivity contribution is 7.80. The summed E-state index contributed by atoms with van der Waals surface area (Å²) in [5.41, 5.74) is 2.01. The predicted molar refractivity (Wildman–Crippen MR) is 83.4 cm³/mol. The van der Waals surface area contributed by atoms with Crippen LogP contribution in [0.2, 0.25) is 0 Å². The van der Waals surface area contributed by atoms with Crippen LogP contribution in [0.1, 0.15) is 25.3 Å². The smallest absolute Gasteiger partial charge is 0.336 e. The highest BCUT2D eigenvalue weighted by Crippen LogP contribution is 2.37. The van der Waals surface area contributed by atoms with Crippen LogP contribution in [0.15, 0.2) is 41.6 Å². The van der Waals surface area contributed by atoms with Crippen molar-refractivity contribution >= 4 is 23.2 Å². The van der Waals surface area contributed by atoms with Crippen molar-refractivity contribution in [2.24, 2.45) is 5.92 Å². The van der Waals surface area contributed by atoms with Gasteiger partial charge in [0.05, 0.1) is 23.2 Å². The number of hydrogen-bond donors (Lipinski definition) is 1. The molecule has 0 aromatic heterocycles. The molecule has 2 rings (SSSR count). The van der Waals surface area contributed by atoms with Gasteiger partial charge in [-0.1, -0.05) is 42.5 Å². The maximum Gasteiger partial charge on any atom is 0.336 e. The molecule has 0 saturated carbocycles. The van der Waals surface area contributed by atoms with Crippen molar-refractivity contribution in [3.8, 4) is 6.07 Å². The molecule has 0 radical (unpaired) electrons. The number of benzene rings is 1. The van der Waals surface area contributed by atoms with E-state index in [0.717, 1.165) is 5.56 Å². The second kappa shape index (κ2) is 6.51. The van der Waals surface area contributed by atoms with Crippen molar-refractivity contribution in [1.82, 2.24) is 5.32 Å². The molecule has 1 aliphatic rings. The van der Waals surface area contributed by atoms with Crippen molar-refractivity contribution in [2.75, 3.05) is 6.61 Å². The van der Waals surface area contributed by atoms with E-state index in [1.807, 2.05) is 30.3 Å². The van der Waals surface area contributed by atoms with Gasteiger partial charge in [0, 0.05) is 11.6 Å². The third kappa shape index (κ3) is 2.96. The Morgan fingerprint density at radius 3 is 2.67 bits per heavy atom. The van der Waals surface area contributed by atoms with Crippen LogP contribution in [-0.4, -0.2) is 17.6 Å². The number of rotatable bonds is 3. The van der Waals surface area contributed by atoms with Gasteiger partial charge in [0.1, 0.15) is 5.92 Å². The number of thiocarbonyl (C=S) groups is 1. The summed E-state index contributed by atoms with van der Waals surface area (Å²) >= 11 is 5.26. The fourth-order valence-corrected chi connectivity index (χ4v) is 2.86. The van der Waals surface area contributed by atoms with Gasteiger partial charge in [-0.3, -0.25) is 0 Å². The van der Waals surface area contributed by atoms with Crippen molar-refractivity contribution < 1.29 is 9.53 Å². The zero-order chi connectivity index (χ0) is 15.4. The Morgan fingerprint density at radius 1 is 1.43 bits per heavy atom. The molecule has 2 unspecified atom stereocenters. The predicted octanol–water partition coefficient (Wildman–Crippen LogP) is 2.68. The molecule has 0 amide bonds. The molecule has 0 saturated heterocycles. The maximum absolute atomic E-state index is 12.3. The van der Waals surface area contributed by atoms with Crippen LogP contribution in [0.3, 0.4) is 0 Å². The normalized spacial score (nSPS) is 21.5. The number of esters is 1. The Morgan fingerprint density at radius 2 is 2.10 bits per heavy atom. The first-order valence-electron chi connectivity index (χ1n) is 6.73. The van der Waals surface area contributed by atoms with Crippen LogP contribution in [0.4, 0.5) is 0 Å². The van der Waals surface area contributed by atoms with E-state index >= 15 is 0 Å². The summed E-state index contributed by atoms with van der Waals surface area (Å²) in [6, 6.07) is 11.7. The van der Waals surface area contributed by atoms with Crippen LogP contribution in [0.5, 0.6) is 0 Å². The van der Waals surface area contributed by atoms with Gasteiger partial charge < -0.3 is 10.1 Å². The lowest BCUT2D eigenvalue weighted by molar-refractivity contribution is -0.139. The van der Waals surface area contributed by atoms with Crippen molar-refractivity contribution in [1.29, 1.82) is 5.26 Å².